The van der Waals surface area contributed by atoms with Gasteiger partial charge in [-0.3, -0.25) is 9.20 Å². The molecule has 0 bridgehead atoms. The van der Waals surface area contributed by atoms with Gasteiger partial charge in [-0.25, -0.2) is 0 Å². The second-order valence-corrected chi connectivity index (χ2v) is 6.41. The molecule has 0 saturated heterocycles. The van der Waals surface area contributed by atoms with Gasteiger partial charge in [-0.1, -0.05) is 50.2 Å². The third-order valence-corrected chi connectivity index (χ3v) is 4.16. The number of nitrogens with zero attached hydrogens (tertiary/aromatic N) is 3. The molecule has 1 aromatic carbocycles. The van der Waals surface area contributed by atoms with E-state index >= 15 is 0 Å². The van der Waals surface area contributed by atoms with Crippen LogP contribution in [0.1, 0.15) is 43.8 Å². The molecule has 3 rings (SSSR count). The van der Waals surface area contributed by atoms with E-state index in [1.165, 1.54) is 0 Å². The number of fused-ring (bicyclic) bond motifs is 1. The SMILES string of the molecule is CC(C)C(NC(=O)CC(O)c1ccccc1)c1nnc2ccccn12. The van der Waals surface area contributed by atoms with Crippen LogP contribution in [0.3, 0.4) is 0 Å². The average Bonchev–Trinajstić information content (AvgIpc) is 3.04. The molecule has 2 N–H and O–H groups in total. The van der Waals surface area contributed by atoms with Crippen molar-refractivity contribution in [3.05, 3.63) is 66.1 Å². The lowest BCUT2D eigenvalue weighted by Crippen LogP contribution is -2.33. The van der Waals surface area contributed by atoms with Gasteiger partial charge in [-0.05, 0) is 23.6 Å². The number of amides is 1. The maximum Gasteiger partial charge on any atom is 0.223 e. The van der Waals surface area contributed by atoms with E-state index in [0.29, 0.717) is 5.82 Å². The smallest absolute Gasteiger partial charge is 0.223 e. The Balaban J connectivity index is 1.75. The first-order chi connectivity index (χ1) is 12.1. The number of carbonyl (C=O) groups excluding carboxylic acids is 1. The normalized spacial score (nSPS) is 13.8. The van der Waals surface area contributed by atoms with Gasteiger partial charge in [0.05, 0.1) is 18.6 Å². The molecule has 0 aliphatic carbocycles. The molecule has 0 aliphatic rings. The van der Waals surface area contributed by atoms with Gasteiger partial charge in [0.2, 0.25) is 5.91 Å². The number of carbonyl (C=O) groups is 1. The van der Waals surface area contributed by atoms with Crippen LogP contribution in [-0.4, -0.2) is 25.6 Å². The highest BCUT2D eigenvalue weighted by atomic mass is 16.3. The number of aliphatic hydroxyl groups is 1. The molecule has 6 nitrogen and oxygen atoms in total. The Hall–Kier alpha value is -2.73. The average molecular weight is 338 g/mol. The lowest BCUT2D eigenvalue weighted by atomic mass is 10.0. The lowest BCUT2D eigenvalue weighted by Gasteiger charge is -2.21. The molecule has 2 heterocycles. The van der Waals surface area contributed by atoms with Gasteiger partial charge in [0.1, 0.15) is 0 Å². The molecule has 6 heteroatoms. The van der Waals surface area contributed by atoms with Crippen molar-refractivity contribution in [3.63, 3.8) is 0 Å². The lowest BCUT2D eigenvalue weighted by molar-refractivity contribution is -0.124. The number of rotatable bonds is 6. The predicted octanol–water partition coefficient (Wildman–Crippen LogP) is 2.67. The fourth-order valence-corrected chi connectivity index (χ4v) is 2.80. The summed E-state index contributed by atoms with van der Waals surface area (Å²) in [5, 5.41) is 21.6. The van der Waals surface area contributed by atoms with E-state index in [1.807, 2.05) is 73.0 Å². The maximum absolute atomic E-state index is 12.4. The molecular weight excluding hydrogens is 316 g/mol. The van der Waals surface area contributed by atoms with Crippen molar-refractivity contribution in [2.45, 2.75) is 32.4 Å². The summed E-state index contributed by atoms with van der Waals surface area (Å²) in [5.41, 5.74) is 1.47. The minimum absolute atomic E-state index is 0.00394. The van der Waals surface area contributed by atoms with E-state index in [0.717, 1.165) is 11.2 Å². The summed E-state index contributed by atoms with van der Waals surface area (Å²) in [5.74, 6) is 0.598. The van der Waals surface area contributed by atoms with Crippen LogP contribution < -0.4 is 5.32 Å². The van der Waals surface area contributed by atoms with Crippen LogP contribution in [0.2, 0.25) is 0 Å². The van der Waals surface area contributed by atoms with Gasteiger partial charge in [-0.2, -0.15) is 0 Å². The first-order valence-electron chi connectivity index (χ1n) is 8.38. The number of nitrogens with one attached hydrogen (secondary N) is 1. The number of aliphatic hydroxyl groups excluding tert-OH is 1. The van der Waals surface area contributed by atoms with Crippen LogP contribution in [0.5, 0.6) is 0 Å². The number of aromatic nitrogens is 3. The zero-order valence-electron chi connectivity index (χ0n) is 14.3. The third-order valence-electron chi connectivity index (χ3n) is 4.16. The summed E-state index contributed by atoms with van der Waals surface area (Å²) in [4.78, 5) is 12.4. The van der Waals surface area contributed by atoms with Crippen molar-refractivity contribution in [2.24, 2.45) is 5.92 Å². The Bertz CT molecular complexity index is 845. The summed E-state index contributed by atoms with van der Waals surface area (Å²) >= 11 is 0. The summed E-state index contributed by atoms with van der Waals surface area (Å²) in [6.07, 6.45) is 1.05. The zero-order valence-corrected chi connectivity index (χ0v) is 14.3. The van der Waals surface area contributed by atoms with Crippen molar-refractivity contribution >= 4 is 11.6 Å². The fraction of sp³-hybridized carbons (Fsp3) is 0.316. The highest BCUT2D eigenvalue weighted by Crippen LogP contribution is 2.22. The molecule has 3 aromatic rings. The summed E-state index contributed by atoms with van der Waals surface area (Å²) in [6.45, 7) is 4.03. The van der Waals surface area contributed by atoms with Crippen LogP contribution in [0, 0.1) is 5.92 Å². The van der Waals surface area contributed by atoms with Crippen molar-refractivity contribution in [1.29, 1.82) is 0 Å². The molecule has 0 radical (unpaired) electrons. The van der Waals surface area contributed by atoms with E-state index in [1.54, 1.807) is 0 Å². The largest absolute Gasteiger partial charge is 0.388 e. The van der Waals surface area contributed by atoms with Crippen LogP contribution >= 0.6 is 0 Å². The van der Waals surface area contributed by atoms with Gasteiger partial charge in [0.25, 0.3) is 0 Å². The van der Waals surface area contributed by atoms with Gasteiger partial charge >= 0.3 is 0 Å². The Labute approximate surface area is 146 Å². The van der Waals surface area contributed by atoms with Crippen LogP contribution in [0.15, 0.2) is 54.7 Å². The van der Waals surface area contributed by atoms with Crippen LogP contribution in [0.25, 0.3) is 5.65 Å². The standard InChI is InChI=1S/C19H22N4O2/c1-13(2)18(19-22-21-16-10-6-7-11-23(16)19)20-17(25)12-15(24)14-8-4-3-5-9-14/h3-11,13,15,18,24H,12H2,1-2H3,(H,20,25). The van der Waals surface area contributed by atoms with Crippen molar-refractivity contribution in [1.82, 2.24) is 19.9 Å². The van der Waals surface area contributed by atoms with Crippen molar-refractivity contribution in [3.8, 4) is 0 Å². The van der Waals surface area contributed by atoms with Gasteiger partial charge < -0.3 is 10.4 Å². The molecule has 1 amide bonds. The molecule has 130 valence electrons. The molecule has 0 fully saturated rings. The van der Waals surface area contributed by atoms with Gasteiger partial charge in [-0.15, -0.1) is 10.2 Å². The Morgan fingerprint density at radius 3 is 2.56 bits per heavy atom. The van der Waals surface area contributed by atoms with Crippen molar-refractivity contribution in [2.75, 3.05) is 0 Å². The second kappa shape index (κ2) is 7.44. The number of hydrogen-bond donors (Lipinski definition) is 2. The van der Waals surface area contributed by atoms with Crippen LogP contribution in [0.4, 0.5) is 0 Å². The summed E-state index contributed by atoms with van der Waals surface area (Å²) < 4.78 is 1.87. The quantitative estimate of drug-likeness (QED) is 0.724. The summed E-state index contributed by atoms with van der Waals surface area (Å²) in [6, 6.07) is 14.6. The molecule has 0 spiro atoms. The Kier molecular flexibility index (Phi) is 5.09. The molecular formula is C19H22N4O2. The topological polar surface area (TPSA) is 79.5 Å². The van der Waals surface area contributed by atoms with E-state index in [4.69, 9.17) is 0 Å². The van der Waals surface area contributed by atoms with Crippen LogP contribution in [-0.2, 0) is 4.79 Å². The van der Waals surface area contributed by atoms with E-state index in [2.05, 4.69) is 15.5 Å². The van der Waals surface area contributed by atoms with Gasteiger partial charge in [0.15, 0.2) is 11.5 Å². The first kappa shape index (κ1) is 17.1. The number of pyridine rings is 1. The van der Waals surface area contributed by atoms with Crippen molar-refractivity contribution < 1.29 is 9.90 Å². The highest BCUT2D eigenvalue weighted by Gasteiger charge is 2.24. The molecule has 2 unspecified atom stereocenters. The molecule has 0 aliphatic heterocycles. The van der Waals surface area contributed by atoms with E-state index in [9.17, 15) is 9.90 Å². The zero-order chi connectivity index (χ0) is 17.8. The third kappa shape index (κ3) is 3.85. The Morgan fingerprint density at radius 1 is 1.12 bits per heavy atom. The maximum atomic E-state index is 12.4. The van der Waals surface area contributed by atoms with Gasteiger partial charge in [0, 0.05) is 6.20 Å². The highest BCUT2D eigenvalue weighted by molar-refractivity contribution is 5.77. The van der Waals surface area contributed by atoms with E-state index in [-0.39, 0.29) is 24.3 Å². The molecule has 25 heavy (non-hydrogen) atoms. The monoisotopic (exact) mass is 338 g/mol. The fourth-order valence-electron chi connectivity index (χ4n) is 2.80. The minimum atomic E-state index is -0.829. The molecule has 2 atom stereocenters. The van der Waals surface area contributed by atoms with E-state index < -0.39 is 6.10 Å². The minimum Gasteiger partial charge on any atom is -0.388 e. The second-order valence-electron chi connectivity index (χ2n) is 6.41. The number of benzene rings is 1. The summed E-state index contributed by atoms with van der Waals surface area (Å²) in [7, 11) is 0. The molecule has 0 saturated carbocycles. The number of hydrogen-bond acceptors (Lipinski definition) is 4. The first-order valence-corrected chi connectivity index (χ1v) is 8.38. The molecule has 2 aromatic heterocycles. The predicted molar refractivity (Wildman–Crippen MR) is 94.7 cm³/mol. The Morgan fingerprint density at radius 2 is 1.84 bits per heavy atom.